The average Bonchev–Trinajstić information content (AvgIpc) is 1.79. The van der Waals surface area contributed by atoms with Crippen LogP contribution in [0, 0.1) is 0 Å². The topological polar surface area (TPSA) is 21.6 Å². The van der Waals surface area contributed by atoms with Crippen LogP contribution in [0.4, 0.5) is 13.2 Å². The molecule has 0 aromatic rings. The molecule has 0 aromatic heterocycles. The maximum atomic E-state index is 11.8. The first-order valence-corrected chi connectivity index (χ1v) is 3.41. The summed E-state index contributed by atoms with van der Waals surface area (Å²) in [7, 11) is 1.61. The van der Waals surface area contributed by atoms with Crippen LogP contribution in [0.3, 0.4) is 0 Å². The van der Waals surface area contributed by atoms with Crippen LogP contribution in [0.5, 0.6) is 0 Å². The highest BCUT2D eigenvalue weighted by molar-refractivity contribution is 7.15. The van der Waals surface area contributed by atoms with Gasteiger partial charge in [0.05, 0.1) is 6.10 Å². The molecule has 0 bridgehead atoms. The van der Waals surface area contributed by atoms with Gasteiger partial charge in [0.25, 0.3) is 5.90 Å². The standard InChI is InChI=1S/C5H9F3NOP/c1-3(2)10-4(9-11)5(6,7)8/h3H,11H2,1-2H3. The molecule has 1 unspecified atom stereocenters. The van der Waals surface area contributed by atoms with Gasteiger partial charge in [-0.2, -0.15) is 13.2 Å². The Morgan fingerprint density at radius 3 is 2.00 bits per heavy atom. The summed E-state index contributed by atoms with van der Waals surface area (Å²) in [5.41, 5.74) is 0. The van der Waals surface area contributed by atoms with Gasteiger partial charge in [-0.05, 0) is 23.2 Å². The highest BCUT2D eigenvalue weighted by Gasteiger charge is 2.38. The SMILES string of the molecule is CC(C)OC(=NP)C(F)(F)F. The Morgan fingerprint density at radius 1 is 1.45 bits per heavy atom. The fourth-order valence-corrected chi connectivity index (χ4v) is 0.601. The molecule has 0 N–H and O–H groups in total. The lowest BCUT2D eigenvalue weighted by Gasteiger charge is -2.13. The molecule has 0 spiro atoms. The number of nitrogens with zero attached hydrogens (tertiary/aromatic N) is 1. The number of hydrogen-bond donors (Lipinski definition) is 0. The predicted octanol–water partition coefficient (Wildman–Crippen LogP) is 2.16. The first-order chi connectivity index (χ1) is 4.88. The first-order valence-electron chi connectivity index (χ1n) is 2.89. The second-order valence-electron chi connectivity index (χ2n) is 2.10. The van der Waals surface area contributed by atoms with Crippen molar-refractivity contribution in [3.63, 3.8) is 0 Å². The van der Waals surface area contributed by atoms with E-state index in [-0.39, 0.29) is 0 Å². The fourth-order valence-electron chi connectivity index (χ4n) is 0.394. The maximum absolute atomic E-state index is 11.8. The number of hydrogen-bond acceptors (Lipinski definition) is 2. The van der Waals surface area contributed by atoms with E-state index in [0.29, 0.717) is 0 Å². The van der Waals surface area contributed by atoms with Gasteiger partial charge in [0.15, 0.2) is 0 Å². The van der Waals surface area contributed by atoms with Gasteiger partial charge in [0.1, 0.15) is 0 Å². The highest BCUT2D eigenvalue weighted by Crippen LogP contribution is 2.20. The molecule has 66 valence electrons. The Morgan fingerprint density at radius 2 is 1.91 bits per heavy atom. The molecule has 0 amide bonds. The quantitative estimate of drug-likeness (QED) is 0.350. The van der Waals surface area contributed by atoms with Gasteiger partial charge in [-0.15, -0.1) is 0 Å². The second kappa shape index (κ2) is 3.90. The third kappa shape index (κ3) is 4.19. The monoisotopic (exact) mass is 187 g/mol. The van der Waals surface area contributed by atoms with E-state index >= 15 is 0 Å². The molecule has 2 nitrogen and oxygen atoms in total. The minimum absolute atomic E-state index is 0.518. The van der Waals surface area contributed by atoms with Gasteiger partial charge < -0.3 is 4.74 Å². The lowest BCUT2D eigenvalue weighted by Crippen LogP contribution is -2.27. The zero-order valence-electron chi connectivity index (χ0n) is 6.14. The molecule has 1 atom stereocenters. The van der Waals surface area contributed by atoms with Crippen molar-refractivity contribution in [3.05, 3.63) is 0 Å². The van der Waals surface area contributed by atoms with Gasteiger partial charge in [-0.25, -0.2) is 4.76 Å². The summed E-state index contributed by atoms with van der Waals surface area (Å²) in [6, 6.07) is 0. The van der Waals surface area contributed by atoms with Gasteiger partial charge in [-0.1, -0.05) is 0 Å². The summed E-state index contributed by atoms with van der Waals surface area (Å²) in [5.74, 6) is -1.21. The second-order valence-corrected chi connectivity index (χ2v) is 2.36. The lowest BCUT2D eigenvalue weighted by atomic mass is 10.5. The molecular weight excluding hydrogens is 178 g/mol. The summed E-state index contributed by atoms with van der Waals surface area (Å²) in [5, 5.41) is 0. The number of alkyl halides is 3. The van der Waals surface area contributed by atoms with Crippen LogP contribution in [0.15, 0.2) is 4.76 Å². The summed E-state index contributed by atoms with van der Waals surface area (Å²) in [4.78, 5) is 0. The molecule has 0 heterocycles. The van der Waals surface area contributed by atoms with Crippen molar-refractivity contribution >= 4 is 15.3 Å². The number of rotatable bonds is 1. The Kier molecular flexibility index (Phi) is 3.79. The van der Waals surface area contributed by atoms with Gasteiger partial charge in [-0.3, -0.25) is 0 Å². The van der Waals surface area contributed by atoms with Crippen molar-refractivity contribution < 1.29 is 17.9 Å². The molecule has 0 aromatic carbocycles. The summed E-state index contributed by atoms with van der Waals surface area (Å²) in [6.07, 6.45) is -5.01. The van der Waals surface area contributed by atoms with Gasteiger partial charge in [0, 0.05) is 0 Å². The van der Waals surface area contributed by atoms with E-state index in [1.165, 1.54) is 13.8 Å². The smallest absolute Gasteiger partial charge is 0.468 e. The molecule has 0 radical (unpaired) electrons. The lowest BCUT2D eigenvalue weighted by molar-refractivity contribution is -0.0813. The van der Waals surface area contributed by atoms with E-state index in [1.807, 2.05) is 0 Å². The van der Waals surface area contributed by atoms with Gasteiger partial charge in [0.2, 0.25) is 0 Å². The molecule has 0 rings (SSSR count). The van der Waals surface area contributed by atoms with E-state index < -0.39 is 18.2 Å². The van der Waals surface area contributed by atoms with E-state index in [1.54, 1.807) is 9.39 Å². The van der Waals surface area contributed by atoms with Crippen molar-refractivity contribution in [2.45, 2.75) is 26.1 Å². The first kappa shape index (κ1) is 10.7. The predicted molar refractivity (Wildman–Crippen MR) is 39.4 cm³/mol. The summed E-state index contributed by atoms with van der Waals surface area (Å²) in [6.45, 7) is 3.00. The molecule has 0 fully saturated rings. The Hall–Kier alpha value is -0.310. The highest BCUT2D eigenvalue weighted by atomic mass is 31.0. The molecular formula is C5H9F3NOP. The van der Waals surface area contributed by atoms with E-state index in [2.05, 4.69) is 9.50 Å². The van der Waals surface area contributed by atoms with E-state index in [0.717, 1.165) is 0 Å². The minimum atomic E-state index is -4.49. The molecule has 11 heavy (non-hydrogen) atoms. The number of ether oxygens (including phenoxy) is 1. The molecule has 0 aliphatic heterocycles. The Labute approximate surface area is 65.1 Å². The van der Waals surface area contributed by atoms with Crippen molar-refractivity contribution in [3.8, 4) is 0 Å². The summed E-state index contributed by atoms with van der Waals surface area (Å²) >= 11 is 0. The number of halogens is 3. The van der Waals surface area contributed by atoms with Crippen LogP contribution < -0.4 is 0 Å². The van der Waals surface area contributed by atoms with Crippen molar-refractivity contribution in [2.75, 3.05) is 0 Å². The van der Waals surface area contributed by atoms with E-state index in [9.17, 15) is 13.2 Å². The third-order valence-electron chi connectivity index (χ3n) is 0.707. The summed E-state index contributed by atoms with van der Waals surface area (Å²) < 4.78 is 42.7. The third-order valence-corrected chi connectivity index (χ3v) is 0.942. The maximum Gasteiger partial charge on any atom is 0.468 e. The van der Waals surface area contributed by atoms with E-state index in [4.69, 9.17) is 0 Å². The fraction of sp³-hybridized carbons (Fsp3) is 0.800. The van der Waals surface area contributed by atoms with Crippen LogP contribution in [-0.4, -0.2) is 18.2 Å². The Bertz CT molecular complexity index is 154. The van der Waals surface area contributed by atoms with Crippen LogP contribution >= 0.6 is 9.39 Å². The van der Waals surface area contributed by atoms with Crippen LogP contribution in [0.2, 0.25) is 0 Å². The molecule has 0 aliphatic rings. The van der Waals surface area contributed by atoms with Crippen LogP contribution in [0.1, 0.15) is 13.8 Å². The van der Waals surface area contributed by atoms with Crippen molar-refractivity contribution in [2.24, 2.45) is 4.76 Å². The van der Waals surface area contributed by atoms with Crippen LogP contribution in [0.25, 0.3) is 0 Å². The minimum Gasteiger partial charge on any atom is -0.472 e. The van der Waals surface area contributed by atoms with Crippen LogP contribution in [-0.2, 0) is 4.74 Å². The molecule has 0 aliphatic carbocycles. The largest absolute Gasteiger partial charge is 0.472 e. The van der Waals surface area contributed by atoms with Crippen molar-refractivity contribution in [1.29, 1.82) is 0 Å². The van der Waals surface area contributed by atoms with Crippen molar-refractivity contribution in [1.82, 2.24) is 0 Å². The molecule has 0 saturated heterocycles. The normalized spacial score (nSPS) is 13.9. The average molecular weight is 187 g/mol. The molecule has 6 heteroatoms. The zero-order chi connectivity index (χ0) is 9.07. The Balaban J connectivity index is 4.21. The molecule has 0 saturated carbocycles. The van der Waals surface area contributed by atoms with Gasteiger partial charge >= 0.3 is 6.18 Å². The zero-order valence-corrected chi connectivity index (χ0v) is 7.30.